The smallest absolute Gasteiger partial charge is 0.345 e. The molecule has 0 atom stereocenters. The molecule has 0 fully saturated rings. The molecule has 5 nitrogen and oxygen atoms in total. The molecule has 3 rings (SSSR count). The van der Waals surface area contributed by atoms with Crippen LogP contribution in [0.15, 0.2) is 39.5 Å². The van der Waals surface area contributed by atoms with Gasteiger partial charge in [0.15, 0.2) is 0 Å². The number of rotatable bonds is 6. The Labute approximate surface area is 146 Å². The van der Waals surface area contributed by atoms with Crippen LogP contribution in [0.2, 0.25) is 0 Å². The van der Waals surface area contributed by atoms with Crippen LogP contribution in [0.5, 0.6) is 0 Å². The van der Waals surface area contributed by atoms with Gasteiger partial charge in [-0.3, -0.25) is 4.79 Å². The predicted molar refractivity (Wildman–Crippen MR) is 100 cm³/mol. The van der Waals surface area contributed by atoms with Gasteiger partial charge in [0.2, 0.25) is 0 Å². The molecule has 0 aliphatic rings. The Morgan fingerprint density at radius 2 is 1.92 bits per heavy atom. The van der Waals surface area contributed by atoms with Crippen molar-refractivity contribution in [1.29, 1.82) is 0 Å². The van der Waals surface area contributed by atoms with E-state index in [0.717, 1.165) is 30.3 Å². The molecule has 0 aliphatic carbocycles. The maximum absolute atomic E-state index is 13.1. The van der Waals surface area contributed by atoms with E-state index in [4.69, 9.17) is 4.42 Å². The summed E-state index contributed by atoms with van der Waals surface area (Å²) >= 11 is 0. The van der Waals surface area contributed by atoms with E-state index in [0.29, 0.717) is 29.8 Å². The van der Waals surface area contributed by atoms with Gasteiger partial charge in [0.25, 0.3) is 5.91 Å². The number of amides is 1. The number of unbranched alkanes of at least 4 members (excludes halogenated alkanes) is 1. The molecule has 132 valence electrons. The van der Waals surface area contributed by atoms with E-state index in [1.807, 2.05) is 41.5 Å². The number of aromatic nitrogens is 1. The van der Waals surface area contributed by atoms with Crippen molar-refractivity contribution in [3.05, 3.63) is 46.4 Å². The zero-order chi connectivity index (χ0) is 18.0. The van der Waals surface area contributed by atoms with Gasteiger partial charge in [-0.15, -0.1) is 0 Å². The van der Waals surface area contributed by atoms with E-state index in [-0.39, 0.29) is 5.91 Å². The van der Waals surface area contributed by atoms with Crippen LogP contribution in [0.1, 0.15) is 44.1 Å². The molecule has 0 N–H and O–H groups in total. The number of carbonyl (C=O) groups is 1. The minimum atomic E-state index is -0.397. The number of fused-ring (bicyclic) bond motifs is 3. The Balaban J connectivity index is 2.23. The highest BCUT2D eigenvalue weighted by Gasteiger charge is 2.22. The van der Waals surface area contributed by atoms with Crippen LogP contribution in [0.25, 0.3) is 21.9 Å². The zero-order valence-corrected chi connectivity index (χ0v) is 15.0. The van der Waals surface area contributed by atoms with Crippen LogP contribution >= 0.6 is 0 Å². The van der Waals surface area contributed by atoms with E-state index in [2.05, 4.69) is 6.92 Å². The van der Waals surface area contributed by atoms with Crippen molar-refractivity contribution in [3.63, 3.8) is 0 Å². The first kappa shape index (κ1) is 17.3. The number of benzene rings is 1. The maximum Gasteiger partial charge on any atom is 0.345 e. The summed E-state index contributed by atoms with van der Waals surface area (Å²) in [6.45, 7) is 8.08. The fraction of sp³-hybridized carbons (Fsp3) is 0.400. The summed E-state index contributed by atoms with van der Waals surface area (Å²) in [5.41, 5.74) is 1.49. The van der Waals surface area contributed by atoms with Gasteiger partial charge in [0, 0.05) is 25.0 Å². The van der Waals surface area contributed by atoms with Crippen LogP contribution in [-0.4, -0.2) is 28.5 Å². The number of nitrogens with zero attached hydrogens (tertiary/aromatic N) is 2. The van der Waals surface area contributed by atoms with Crippen molar-refractivity contribution in [3.8, 4) is 0 Å². The highest BCUT2D eigenvalue weighted by atomic mass is 16.4. The second-order valence-corrected chi connectivity index (χ2v) is 6.16. The lowest BCUT2D eigenvalue weighted by atomic mass is 10.2. The summed E-state index contributed by atoms with van der Waals surface area (Å²) in [7, 11) is 0. The molecule has 0 saturated carbocycles. The van der Waals surface area contributed by atoms with Crippen molar-refractivity contribution < 1.29 is 9.21 Å². The molecule has 5 heteroatoms. The summed E-state index contributed by atoms with van der Waals surface area (Å²) in [6.07, 6.45) is 2.01. The number of aryl methyl sites for hydroxylation is 1. The van der Waals surface area contributed by atoms with Crippen LogP contribution < -0.4 is 5.63 Å². The second kappa shape index (κ2) is 7.13. The fourth-order valence-corrected chi connectivity index (χ4v) is 3.32. The molecule has 1 aromatic carbocycles. The first-order valence-electron chi connectivity index (χ1n) is 8.96. The number of para-hydroxylation sites is 1. The predicted octanol–water partition coefficient (Wildman–Crippen LogP) is 4.03. The average molecular weight is 340 g/mol. The Hall–Kier alpha value is -2.56. The molecule has 25 heavy (non-hydrogen) atoms. The minimum Gasteiger partial charge on any atom is -0.422 e. The second-order valence-electron chi connectivity index (χ2n) is 6.16. The largest absolute Gasteiger partial charge is 0.422 e. The van der Waals surface area contributed by atoms with Crippen molar-refractivity contribution >= 4 is 27.8 Å². The first-order valence-corrected chi connectivity index (χ1v) is 8.96. The van der Waals surface area contributed by atoms with Gasteiger partial charge in [-0.2, -0.15) is 0 Å². The SMILES string of the molecule is CCCCN(CC)C(=O)c1cc2c(=O)oc3ccccc3c2n1CC. The lowest BCUT2D eigenvalue weighted by molar-refractivity contribution is 0.0752. The molecule has 1 amide bonds. The maximum atomic E-state index is 13.1. The van der Waals surface area contributed by atoms with E-state index in [1.54, 1.807) is 12.1 Å². The van der Waals surface area contributed by atoms with Crippen LogP contribution in [0.4, 0.5) is 0 Å². The Morgan fingerprint density at radius 3 is 2.60 bits per heavy atom. The normalized spacial score (nSPS) is 11.3. The third-order valence-corrected chi connectivity index (χ3v) is 4.65. The van der Waals surface area contributed by atoms with E-state index in [1.165, 1.54) is 0 Å². The summed E-state index contributed by atoms with van der Waals surface area (Å²) in [6, 6.07) is 9.15. The van der Waals surface area contributed by atoms with Crippen molar-refractivity contribution in [1.82, 2.24) is 9.47 Å². The number of hydrogen-bond donors (Lipinski definition) is 0. The van der Waals surface area contributed by atoms with Gasteiger partial charge in [-0.25, -0.2) is 4.79 Å². The molecular formula is C20H24N2O3. The third kappa shape index (κ3) is 2.95. The Morgan fingerprint density at radius 1 is 1.16 bits per heavy atom. The molecular weight excluding hydrogens is 316 g/mol. The summed E-state index contributed by atoms with van der Waals surface area (Å²) in [5, 5.41) is 1.32. The molecule has 0 unspecified atom stereocenters. The number of hydrogen-bond acceptors (Lipinski definition) is 3. The highest BCUT2D eigenvalue weighted by molar-refractivity contribution is 6.07. The molecule has 0 spiro atoms. The molecule has 0 aliphatic heterocycles. The minimum absolute atomic E-state index is 0.0301. The fourth-order valence-electron chi connectivity index (χ4n) is 3.32. The highest BCUT2D eigenvalue weighted by Crippen LogP contribution is 2.26. The van der Waals surface area contributed by atoms with Gasteiger partial charge >= 0.3 is 5.63 Å². The lowest BCUT2D eigenvalue weighted by Gasteiger charge is -2.21. The van der Waals surface area contributed by atoms with Crippen LogP contribution in [0, 0.1) is 0 Å². The van der Waals surface area contributed by atoms with E-state index in [9.17, 15) is 9.59 Å². The van der Waals surface area contributed by atoms with Crippen molar-refractivity contribution in [2.24, 2.45) is 0 Å². The summed E-state index contributed by atoms with van der Waals surface area (Å²) in [4.78, 5) is 27.3. The van der Waals surface area contributed by atoms with Crippen molar-refractivity contribution in [2.45, 2.75) is 40.2 Å². The molecule has 3 aromatic rings. The Kier molecular flexibility index (Phi) is 4.93. The zero-order valence-electron chi connectivity index (χ0n) is 15.0. The van der Waals surface area contributed by atoms with Gasteiger partial charge in [-0.05, 0) is 38.5 Å². The third-order valence-electron chi connectivity index (χ3n) is 4.65. The van der Waals surface area contributed by atoms with Gasteiger partial charge in [0.05, 0.1) is 10.9 Å². The molecule has 2 aromatic heterocycles. The average Bonchev–Trinajstić information content (AvgIpc) is 3.02. The lowest BCUT2D eigenvalue weighted by Crippen LogP contribution is -2.33. The van der Waals surface area contributed by atoms with E-state index >= 15 is 0 Å². The molecule has 0 bridgehead atoms. The number of carbonyl (C=O) groups excluding carboxylic acids is 1. The van der Waals surface area contributed by atoms with E-state index < -0.39 is 5.63 Å². The summed E-state index contributed by atoms with van der Waals surface area (Å²) < 4.78 is 7.36. The van der Waals surface area contributed by atoms with Crippen LogP contribution in [-0.2, 0) is 6.54 Å². The quantitative estimate of drug-likeness (QED) is 0.637. The summed E-state index contributed by atoms with van der Waals surface area (Å²) in [5.74, 6) is -0.0301. The molecule has 0 saturated heterocycles. The molecule has 0 radical (unpaired) electrons. The monoisotopic (exact) mass is 340 g/mol. The van der Waals surface area contributed by atoms with Crippen LogP contribution in [0.3, 0.4) is 0 Å². The molecule has 2 heterocycles. The topological polar surface area (TPSA) is 55.5 Å². The first-order chi connectivity index (χ1) is 12.1. The van der Waals surface area contributed by atoms with Gasteiger partial charge in [0.1, 0.15) is 11.3 Å². The van der Waals surface area contributed by atoms with Gasteiger partial charge in [-0.1, -0.05) is 25.5 Å². The van der Waals surface area contributed by atoms with Crippen molar-refractivity contribution in [2.75, 3.05) is 13.1 Å². The Bertz CT molecular complexity index is 968. The standard InChI is InChI=1S/C20H24N2O3/c1-4-7-12-21(5-2)19(23)16-13-15-18(22(16)6-3)14-10-8-9-11-17(14)25-20(15)24/h8-11,13H,4-7,12H2,1-3H3. The van der Waals surface area contributed by atoms with Gasteiger partial charge < -0.3 is 13.9 Å².